The lowest BCUT2D eigenvalue weighted by Gasteiger charge is -2.21. The van der Waals surface area contributed by atoms with Crippen LogP contribution < -0.4 is 0 Å². The molecule has 8 aromatic carbocycles. The predicted molar refractivity (Wildman–Crippen MR) is 209 cm³/mol. The van der Waals surface area contributed by atoms with Crippen LogP contribution in [0.4, 0.5) is 0 Å². The van der Waals surface area contributed by atoms with Gasteiger partial charge in [0.1, 0.15) is 0 Å². The molecule has 3 nitrogen and oxygen atoms in total. The summed E-state index contributed by atoms with van der Waals surface area (Å²) in [5, 5.41) is 12.4. The summed E-state index contributed by atoms with van der Waals surface area (Å²) in [7, 11) is 0. The number of hydrogen-bond donors (Lipinski definition) is 0. The van der Waals surface area contributed by atoms with Crippen LogP contribution in [0.15, 0.2) is 152 Å². The number of hydrogen-bond acceptors (Lipinski definition) is 2. The van der Waals surface area contributed by atoms with Gasteiger partial charge in [-0.2, -0.15) is 0 Å². The quantitative estimate of drug-likeness (QED) is 0.177. The van der Waals surface area contributed by atoms with Crippen molar-refractivity contribution < 1.29 is 0 Å². The van der Waals surface area contributed by atoms with E-state index in [0.717, 1.165) is 33.5 Å². The number of aromatic nitrogens is 3. The smallest absolute Gasteiger partial charge is 0.235 e. The zero-order valence-electron chi connectivity index (χ0n) is 27.8. The number of fused-ring (bicyclic) bond motifs is 13. The first-order valence-corrected chi connectivity index (χ1v) is 17.3. The molecular weight excluding hydrogens is 607 g/mol. The van der Waals surface area contributed by atoms with Crippen LogP contribution in [0.5, 0.6) is 0 Å². The lowest BCUT2D eigenvalue weighted by molar-refractivity contribution is 0.632. The molecule has 234 valence electrons. The van der Waals surface area contributed by atoms with Crippen molar-refractivity contribution in [2.24, 2.45) is 0 Å². The monoisotopic (exact) mass is 637 g/mol. The van der Waals surface area contributed by atoms with Crippen LogP contribution in [-0.2, 0) is 5.41 Å². The van der Waals surface area contributed by atoms with Gasteiger partial charge in [-0.1, -0.05) is 141 Å². The van der Waals surface area contributed by atoms with Gasteiger partial charge in [-0.3, -0.25) is 4.57 Å². The molecule has 1 aliphatic rings. The summed E-state index contributed by atoms with van der Waals surface area (Å²) in [6.07, 6.45) is 0. The van der Waals surface area contributed by atoms with Gasteiger partial charge in [-0.15, -0.1) is 0 Å². The summed E-state index contributed by atoms with van der Waals surface area (Å²) in [4.78, 5) is 11.1. The van der Waals surface area contributed by atoms with E-state index in [-0.39, 0.29) is 5.41 Å². The second-order valence-corrected chi connectivity index (χ2v) is 14.2. The summed E-state index contributed by atoms with van der Waals surface area (Å²) in [6.45, 7) is 4.61. The van der Waals surface area contributed by atoms with E-state index >= 15 is 0 Å². The third kappa shape index (κ3) is 3.64. The Morgan fingerprint density at radius 2 is 1.04 bits per heavy atom. The highest BCUT2D eigenvalue weighted by Crippen LogP contribution is 2.51. The Morgan fingerprint density at radius 3 is 1.78 bits per heavy atom. The standard InChI is InChI=1S/C47H31N3/c1-47(2)40-21-11-9-20-37(40)43-44(30-23-24-35-33-17-6-5-15-31(33)32-16-7-8-18-34(32)38(35)26-30)48-46(49-45(43)47)50-41-22-12-10-19-36(41)39-25-28-13-3-4-14-29(28)27-42(39)50/h3-27H,1-2H3. The van der Waals surface area contributed by atoms with Gasteiger partial charge in [0.15, 0.2) is 0 Å². The van der Waals surface area contributed by atoms with E-state index in [1.807, 2.05) is 0 Å². The predicted octanol–water partition coefficient (Wildman–Crippen LogP) is 12.2. The minimum Gasteiger partial charge on any atom is -0.278 e. The van der Waals surface area contributed by atoms with Crippen molar-refractivity contribution in [3.63, 3.8) is 0 Å². The zero-order valence-corrected chi connectivity index (χ0v) is 27.8. The Hall–Kier alpha value is -6.32. The average Bonchev–Trinajstić information content (AvgIpc) is 3.61. The number of benzene rings is 8. The Balaban J connectivity index is 1.27. The largest absolute Gasteiger partial charge is 0.278 e. The fraction of sp³-hybridized carbons (Fsp3) is 0.0638. The normalized spacial score (nSPS) is 13.6. The van der Waals surface area contributed by atoms with Crippen molar-refractivity contribution in [1.29, 1.82) is 0 Å². The molecule has 0 spiro atoms. The van der Waals surface area contributed by atoms with Crippen LogP contribution in [0, 0.1) is 0 Å². The molecule has 50 heavy (non-hydrogen) atoms. The van der Waals surface area contributed by atoms with Crippen molar-refractivity contribution in [3.8, 4) is 28.3 Å². The molecule has 0 fully saturated rings. The van der Waals surface area contributed by atoms with Gasteiger partial charge >= 0.3 is 0 Å². The molecule has 2 heterocycles. The summed E-state index contributed by atoms with van der Waals surface area (Å²) in [5.74, 6) is 0.699. The fourth-order valence-electron chi connectivity index (χ4n) is 8.76. The molecule has 0 amide bonds. The van der Waals surface area contributed by atoms with Crippen LogP contribution in [0.2, 0.25) is 0 Å². The van der Waals surface area contributed by atoms with Crippen molar-refractivity contribution in [2.45, 2.75) is 19.3 Å². The van der Waals surface area contributed by atoms with E-state index in [4.69, 9.17) is 9.97 Å². The molecular formula is C47H31N3. The maximum atomic E-state index is 5.60. The molecule has 1 aliphatic carbocycles. The maximum Gasteiger partial charge on any atom is 0.235 e. The van der Waals surface area contributed by atoms with E-state index in [1.54, 1.807) is 0 Å². The number of nitrogens with zero attached hydrogens (tertiary/aromatic N) is 3. The van der Waals surface area contributed by atoms with Gasteiger partial charge in [-0.05, 0) is 78.5 Å². The molecule has 0 unspecified atom stereocenters. The molecule has 0 saturated heterocycles. The minimum atomic E-state index is -0.302. The van der Waals surface area contributed by atoms with Crippen LogP contribution in [0.3, 0.4) is 0 Å². The molecule has 0 aliphatic heterocycles. The molecule has 0 radical (unpaired) electrons. The van der Waals surface area contributed by atoms with Gasteiger partial charge < -0.3 is 0 Å². The SMILES string of the molecule is CC1(C)c2ccccc2-c2c(-c3ccc4c5ccccc5c5ccccc5c4c3)nc(-n3c4ccccc4c4cc5ccccc5cc43)nc21. The van der Waals surface area contributed by atoms with Crippen molar-refractivity contribution in [2.75, 3.05) is 0 Å². The van der Waals surface area contributed by atoms with E-state index in [0.29, 0.717) is 5.95 Å². The third-order valence-corrected chi connectivity index (χ3v) is 11.1. The van der Waals surface area contributed by atoms with E-state index in [2.05, 4.69) is 170 Å². The molecule has 0 saturated carbocycles. The maximum absolute atomic E-state index is 5.60. The first-order chi connectivity index (χ1) is 24.6. The van der Waals surface area contributed by atoms with Gasteiger partial charge in [-0.25, -0.2) is 9.97 Å². The lowest BCUT2D eigenvalue weighted by atomic mass is 9.85. The molecule has 11 rings (SSSR count). The first-order valence-electron chi connectivity index (χ1n) is 17.3. The summed E-state index contributed by atoms with van der Waals surface area (Å²) >= 11 is 0. The zero-order chi connectivity index (χ0) is 33.1. The second kappa shape index (κ2) is 9.87. The van der Waals surface area contributed by atoms with Gasteiger partial charge in [0.25, 0.3) is 0 Å². The van der Waals surface area contributed by atoms with Gasteiger partial charge in [0.05, 0.1) is 22.4 Å². The van der Waals surface area contributed by atoms with Crippen LogP contribution >= 0.6 is 0 Å². The van der Waals surface area contributed by atoms with Gasteiger partial charge in [0.2, 0.25) is 5.95 Å². The van der Waals surface area contributed by atoms with Gasteiger partial charge in [0, 0.05) is 27.3 Å². The Morgan fingerprint density at radius 1 is 0.460 bits per heavy atom. The molecule has 3 heteroatoms. The number of para-hydroxylation sites is 1. The fourth-order valence-corrected chi connectivity index (χ4v) is 8.76. The van der Waals surface area contributed by atoms with E-state index < -0.39 is 0 Å². The molecule has 0 bridgehead atoms. The molecule has 0 atom stereocenters. The minimum absolute atomic E-state index is 0.302. The van der Waals surface area contributed by atoms with Crippen LogP contribution in [-0.4, -0.2) is 14.5 Å². The van der Waals surface area contributed by atoms with Crippen molar-refractivity contribution in [3.05, 3.63) is 163 Å². The van der Waals surface area contributed by atoms with Crippen LogP contribution in [0.25, 0.3) is 93.2 Å². The average molecular weight is 638 g/mol. The first kappa shape index (κ1) is 27.6. The van der Waals surface area contributed by atoms with Crippen molar-refractivity contribution >= 4 is 64.9 Å². The Labute approximate surface area is 289 Å². The summed E-state index contributed by atoms with van der Waals surface area (Å²) in [5.41, 5.74) is 8.67. The Bertz CT molecular complexity index is 3040. The Kier molecular flexibility index (Phi) is 5.45. The third-order valence-electron chi connectivity index (χ3n) is 11.1. The number of rotatable bonds is 2. The van der Waals surface area contributed by atoms with E-state index in [9.17, 15) is 0 Å². The lowest BCUT2D eigenvalue weighted by Crippen LogP contribution is -2.18. The topological polar surface area (TPSA) is 30.7 Å². The molecule has 10 aromatic rings. The summed E-state index contributed by atoms with van der Waals surface area (Å²) in [6, 6.07) is 55.1. The molecule has 0 N–H and O–H groups in total. The van der Waals surface area contributed by atoms with Crippen molar-refractivity contribution in [1.82, 2.24) is 14.5 Å². The van der Waals surface area contributed by atoms with E-state index in [1.165, 1.54) is 65.0 Å². The highest BCUT2D eigenvalue weighted by Gasteiger charge is 2.40. The highest BCUT2D eigenvalue weighted by molar-refractivity contribution is 6.26. The highest BCUT2D eigenvalue weighted by atomic mass is 15.2. The summed E-state index contributed by atoms with van der Waals surface area (Å²) < 4.78 is 2.28. The second-order valence-electron chi connectivity index (χ2n) is 14.2. The molecule has 2 aromatic heterocycles. The van der Waals surface area contributed by atoms with Crippen LogP contribution in [0.1, 0.15) is 25.1 Å².